The second-order valence-corrected chi connectivity index (χ2v) is 8.46. The smallest absolute Gasteiger partial charge is 0.150 e. The number of hydrogen-bond donors (Lipinski definition) is 1. The van der Waals surface area contributed by atoms with Crippen LogP contribution < -0.4 is 5.32 Å². The van der Waals surface area contributed by atoms with Gasteiger partial charge in [-0.2, -0.15) is 0 Å². The number of hydrogen-bond acceptors (Lipinski definition) is 3. The zero-order chi connectivity index (χ0) is 13.1. The van der Waals surface area contributed by atoms with Crippen molar-refractivity contribution in [1.29, 1.82) is 0 Å². The third-order valence-electron chi connectivity index (χ3n) is 4.96. The molecule has 4 heteroatoms. The molecule has 18 heavy (non-hydrogen) atoms. The maximum Gasteiger partial charge on any atom is 0.150 e. The maximum absolute atomic E-state index is 11.4. The van der Waals surface area contributed by atoms with E-state index in [1.165, 1.54) is 38.5 Å². The Bertz CT molecular complexity index is 344. The molecule has 0 saturated carbocycles. The van der Waals surface area contributed by atoms with Crippen LogP contribution in [0.2, 0.25) is 0 Å². The Balaban J connectivity index is 1.80. The van der Waals surface area contributed by atoms with Crippen LogP contribution in [0.1, 0.15) is 58.3 Å². The topological polar surface area (TPSA) is 46.2 Å². The van der Waals surface area contributed by atoms with E-state index in [1.807, 2.05) is 0 Å². The van der Waals surface area contributed by atoms with Crippen molar-refractivity contribution in [1.82, 2.24) is 5.32 Å². The van der Waals surface area contributed by atoms with Crippen molar-refractivity contribution in [3.8, 4) is 0 Å². The van der Waals surface area contributed by atoms with Crippen molar-refractivity contribution in [2.45, 2.75) is 63.8 Å². The molecular formula is C14H27NO2S. The summed E-state index contributed by atoms with van der Waals surface area (Å²) in [5.74, 6) is 1.48. The van der Waals surface area contributed by atoms with E-state index in [0.717, 1.165) is 19.4 Å². The monoisotopic (exact) mass is 273 g/mol. The molecule has 0 amide bonds. The van der Waals surface area contributed by atoms with Crippen molar-refractivity contribution in [2.75, 3.05) is 18.1 Å². The average Bonchev–Trinajstić information content (AvgIpc) is 2.39. The van der Waals surface area contributed by atoms with Gasteiger partial charge in [-0.1, -0.05) is 13.3 Å². The van der Waals surface area contributed by atoms with Gasteiger partial charge in [-0.15, -0.1) is 0 Å². The highest BCUT2D eigenvalue weighted by Gasteiger charge is 2.31. The Morgan fingerprint density at radius 3 is 2.50 bits per heavy atom. The lowest BCUT2D eigenvalue weighted by molar-refractivity contribution is 0.208. The number of rotatable bonds is 4. The highest BCUT2D eigenvalue weighted by Crippen LogP contribution is 2.32. The summed E-state index contributed by atoms with van der Waals surface area (Å²) in [6.07, 6.45) is 9.38. The Hall–Kier alpha value is -0.0900. The molecule has 0 aromatic rings. The summed E-state index contributed by atoms with van der Waals surface area (Å²) in [5.41, 5.74) is 0.356. The van der Waals surface area contributed by atoms with E-state index in [2.05, 4.69) is 12.2 Å². The highest BCUT2D eigenvalue weighted by molar-refractivity contribution is 7.91. The molecule has 0 bridgehead atoms. The predicted octanol–water partition coefficient (Wildman–Crippen LogP) is 2.51. The van der Waals surface area contributed by atoms with E-state index in [4.69, 9.17) is 0 Å². The molecule has 0 aromatic heterocycles. The molecule has 2 aliphatic heterocycles. The van der Waals surface area contributed by atoms with Crippen molar-refractivity contribution in [3.05, 3.63) is 0 Å². The fourth-order valence-corrected chi connectivity index (χ4v) is 5.02. The molecule has 106 valence electrons. The first-order valence-corrected chi connectivity index (χ1v) is 9.33. The van der Waals surface area contributed by atoms with E-state index in [-0.39, 0.29) is 0 Å². The molecule has 3 nitrogen and oxygen atoms in total. The molecule has 2 rings (SSSR count). The molecule has 0 aliphatic carbocycles. The van der Waals surface area contributed by atoms with Gasteiger partial charge in [0.05, 0.1) is 11.5 Å². The summed E-state index contributed by atoms with van der Waals surface area (Å²) in [4.78, 5) is 0. The zero-order valence-corrected chi connectivity index (χ0v) is 12.4. The molecule has 2 fully saturated rings. The minimum absolute atomic E-state index is 0.356. The molecule has 2 aliphatic rings. The molecule has 1 unspecified atom stereocenters. The van der Waals surface area contributed by atoms with E-state index in [0.29, 0.717) is 23.0 Å². The van der Waals surface area contributed by atoms with Crippen LogP contribution in [0.5, 0.6) is 0 Å². The van der Waals surface area contributed by atoms with E-state index < -0.39 is 9.84 Å². The largest absolute Gasteiger partial charge is 0.311 e. The Kier molecular flexibility index (Phi) is 4.70. The quantitative estimate of drug-likeness (QED) is 0.856. The minimum atomic E-state index is -2.70. The van der Waals surface area contributed by atoms with E-state index >= 15 is 0 Å². The van der Waals surface area contributed by atoms with Crippen LogP contribution in [0.25, 0.3) is 0 Å². The summed E-state index contributed by atoms with van der Waals surface area (Å²) in [6.45, 7) is 3.44. The summed E-state index contributed by atoms with van der Waals surface area (Å²) >= 11 is 0. The Labute approximate surface area is 112 Å². The predicted molar refractivity (Wildman–Crippen MR) is 75.5 cm³/mol. The van der Waals surface area contributed by atoms with E-state index in [1.54, 1.807) is 0 Å². The van der Waals surface area contributed by atoms with Crippen molar-refractivity contribution in [2.24, 2.45) is 5.92 Å². The van der Waals surface area contributed by atoms with Gasteiger partial charge in [-0.25, -0.2) is 8.42 Å². The van der Waals surface area contributed by atoms with Crippen LogP contribution in [0, 0.1) is 5.92 Å². The fourth-order valence-electron chi connectivity index (χ4n) is 3.43. The molecule has 1 atom stereocenters. The SMILES string of the molecule is CCC1(CCC2CCS(=O)(=O)CC2)CCCCN1. The van der Waals surface area contributed by atoms with Gasteiger partial charge in [0, 0.05) is 5.54 Å². The van der Waals surface area contributed by atoms with Gasteiger partial charge in [0.25, 0.3) is 0 Å². The van der Waals surface area contributed by atoms with Gasteiger partial charge in [-0.3, -0.25) is 0 Å². The van der Waals surface area contributed by atoms with Crippen LogP contribution in [0.4, 0.5) is 0 Å². The molecule has 0 spiro atoms. The van der Waals surface area contributed by atoms with Crippen LogP contribution >= 0.6 is 0 Å². The lowest BCUT2D eigenvalue weighted by Crippen LogP contribution is -2.48. The van der Waals surface area contributed by atoms with E-state index in [9.17, 15) is 8.42 Å². The summed E-state index contributed by atoms with van der Waals surface area (Å²) in [6, 6.07) is 0. The second kappa shape index (κ2) is 5.91. The first-order chi connectivity index (χ1) is 8.55. The van der Waals surface area contributed by atoms with Crippen LogP contribution in [0.15, 0.2) is 0 Å². The lowest BCUT2D eigenvalue weighted by Gasteiger charge is -2.39. The van der Waals surface area contributed by atoms with Crippen LogP contribution in [-0.4, -0.2) is 32.0 Å². The number of sulfone groups is 1. The molecule has 2 heterocycles. The summed E-state index contributed by atoms with van der Waals surface area (Å²) in [7, 11) is -2.70. The summed E-state index contributed by atoms with van der Waals surface area (Å²) < 4.78 is 22.8. The molecular weight excluding hydrogens is 246 g/mol. The lowest BCUT2D eigenvalue weighted by atomic mass is 9.80. The zero-order valence-electron chi connectivity index (χ0n) is 11.6. The van der Waals surface area contributed by atoms with Crippen molar-refractivity contribution in [3.63, 3.8) is 0 Å². The van der Waals surface area contributed by atoms with Gasteiger partial charge in [0.1, 0.15) is 9.84 Å². The van der Waals surface area contributed by atoms with Gasteiger partial charge in [0.2, 0.25) is 0 Å². The standard InChI is InChI=1S/C14H27NO2S/c1-2-14(8-3-4-10-15-14)9-5-13-6-11-18(16,17)12-7-13/h13,15H,2-12H2,1H3. The second-order valence-electron chi connectivity index (χ2n) is 6.15. The van der Waals surface area contributed by atoms with Crippen molar-refractivity contribution < 1.29 is 8.42 Å². The van der Waals surface area contributed by atoms with Gasteiger partial charge in [-0.05, 0) is 57.4 Å². The van der Waals surface area contributed by atoms with Gasteiger partial charge >= 0.3 is 0 Å². The molecule has 0 aromatic carbocycles. The minimum Gasteiger partial charge on any atom is -0.311 e. The van der Waals surface area contributed by atoms with Crippen molar-refractivity contribution >= 4 is 9.84 Å². The third-order valence-corrected chi connectivity index (χ3v) is 6.68. The highest BCUT2D eigenvalue weighted by atomic mass is 32.2. The first-order valence-electron chi connectivity index (χ1n) is 7.51. The Morgan fingerprint density at radius 1 is 1.22 bits per heavy atom. The normalized spacial score (nSPS) is 33.4. The van der Waals surface area contributed by atoms with Gasteiger partial charge < -0.3 is 5.32 Å². The Morgan fingerprint density at radius 2 is 1.94 bits per heavy atom. The maximum atomic E-state index is 11.4. The fraction of sp³-hybridized carbons (Fsp3) is 1.00. The first kappa shape index (κ1) is 14.3. The summed E-state index contributed by atoms with van der Waals surface area (Å²) in [5, 5.41) is 3.72. The third kappa shape index (κ3) is 3.70. The average molecular weight is 273 g/mol. The number of nitrogens with one attached hydrogen (secondary N) is 1. The number of piperidine rings is 1. The molecule has 0 radical (unpaired) electrons. The van der Waals surface area contributed by atoms with Gasteiger partial charge in [0.15, 0.2) is 0 Å². The molecule has 2 saturated heterocycles. The van der Waals surface area contributed by atoms with Crippen LogP contribution in [0.3, 0.4) is 0 Å². The molecule has 1 N–H and O–H groups in total. The van der Waals surface area contributed by atoms with Crippen LogP contribution in [-0.2, 0) is 9.84 Å².